The fourth-order valence-corrected chi connectivity index (χ4v) is 4.63. The number of piperazine rings is 1. The minimum atomic E-state index is -0.0422. The van der Waals surface area contributed by atoms with Gasteiger partial charge in [-0.05, 0) is 47.0 Å². The third-order valence-corrected chi connectivity index (χ3v) is 6.60. The minimum absolute atomic E-state index is 0. The van der Waals surface area contributed by atoms with Gasteiger partial charge in [0.1, 0.15) is 5.75 Å². The summed E-state index contributed by atoms with van der Waals surface area (Å²) >= 11 is 6.18. The topological polar surface area (TPSA) is 49.4 Å². The van der Waals surface area contributed by atoms with Crippen molar-refractivity contribution in [1.29, 1.82) is 0 Å². The molecule has 0 aliphatic carbocycles. The summed E-state index contributed by atoms with van der Waals surface area (Å²) in [6.45, 7) is 5.29. The number of rotatable bonds is 7. The molecule has 5 rings (SSSR count). The molecule has 1 aliphatic rings. The third kappa shape index (κ3) is 6.28. The number of aromatic nitrogens is 1. The Morgan fingerprint density at radius 3 is 2.37 bits per heavy atom. The molecule has 0 saturated carbocycles. The van der Waals surface area contributed by atoms with Crippen molar-refractivity contribution < 1.29 is 4.74 Å². The van der Waals surface area contributed by atoms with E-state index in [4.69, 9.17) is 16.3 Å². The maximum atomic E-state index is 6.18. The Bertz CT molecular complexity index is 1240. The zero-order chi connectivity index (χ0) is 23.3. The Balaban J connectivity index is 0.00000289. The molecular weight excluding hydrogens is 562 g/mol. The molecule has 7 heteroatoms. The Morgan fingerprint density at radius 2 is 1.69 bits per heavy atom. The predicted octanol–water partition coefficient (Wildman–Crippen LogP) is 5.12. The number of hydrogen-bond donors (Lipinski definition) is 2. The van der Waals surface area contributed by atoms with E-state index < -0.39 is 0 Å². The predicted molar refractivity (Wildman–Crippen MR) is 146 cm³/mol. The standard InChI is InChI=1S/C28H29ClN4O.Sn/c1-34-27-4-2-3-26-25(27)17-24(18-31-26)32-28(22-9-11-23(29)12-10-22)21-7-5-20(6-8-21)19-33-15-13-30-14-16-33;/h2-12,17-18,28,30,32H,13-16,19H2,1H3;. The molecule has 1 atom stereocenters. The number of nitrogens with zero attached hydrogens (tertiary/aromatic N) is 2. The Hall–Kier alpha value is -2.32. The number of ether oxygens (including phenoxy) is 1. The van der Waals surface area contributed by atoms with Crippen LogP contribution in [0.2, 0.25) is 5.02 Å². The van der Waals surface area contributed by atoms with E-state index in [-0.39, 0.29) is 29.9 Å². The van der Waals surface area contributed by atoms with Crippen molar-refractivity contribution in [1.82, 2.24) is 15.2 Å². The van der Waals surface area contributed by atoms with Crippen LogP contribution in [0.5, 0.6) is 5.75 Å². The van der Waals surface area contributed by atoms with Crippen LogP contribution >= 0.6 is 11.6 Å². The van der Waals surface area contributed by atoms with Crippen LogP contribution in [0.4, 0.5) is 5.69 Å². The van der Waals surface area contributed by atoms with Gasteiger partial charge in [0, 0.05) is 67.0 Å². The van der Waals surface area contributed by atoms with E-state index in [1.54, 1.807) is 7.11 Å². The van der Waals surface area contributed by atoms with Crippen molar-refractivity contribution in [2.45, 2.75) is 12.6 Å². The second kappa shape index (κ2) is 12.1. The van der Waals surface area contributed by atoms with Gasteiger partial charge >= 0.3 is 0 Å². The molecule has 178 valence electrons. The van der Waals surface area contributed by atoms with Gasteiger partial charge in [0.25, 0.3) is 0 Å². The van der Waals surface area contributed by atoms with Crippen molar-refractivity contribution in [2.75, 3.05) is 38.6 Å². The fourth-order valence-electron chi connectivity index (χ4n) is 4.50. The van der Waals surface area contributed by atoms with Crippen LogP contribution in [0.3, 0.4) is 0 Å². The minimum Gasteiger partial charge on any atom is -0.496 e. The second-order valence-electron chi connectivity index (χ2n) is 8.65. The molecule has 1 unspecified atom stereocenters. The summed E-state index contributed by atoms with van der Waals surface area (Å²) in [5.74, 6) is 0.814. The first kappa shape index (κ1) is 25.8. The molecule has 1 aromatic heterocycles. The number of anilines is 1. The largest absolute Gasteiger partial charge is 0.496 e. The van der Waals surface area contributed by atoms with Gasteiger partial charge in [0.15, 0.2) is 0 Å². The molecule has 1 aliphatic heterocycles. The molecule has 2 N–H and O–H groups in total. The molecular formula is C28H29ClN4OSn. The molecule has 0 bridgehead atoms. The summed E-state index contributed by atoms with van der Waals surface area (Å²) < 4.78 is 5.56. The van der Waals surface area contributed by atoms with E-state index in [0.717, 1.165) is 65.6 Å². The molecule has 0 spiro atoms. The first-order chi connectivity index (χ1) is 16.7. The zero-order valence-electron chi connectivity index (χ0n) is 19.8. The maximum absolute atomic E-state index is 6.18. The van der Waals surface area contributed by atoms with Gasteiger partial charge in [-0.25, -0.2) is 0 Å². The third-order valence-electron chi connectivity index (χ3n) is 6.35. The Labute approximate surface area is 228 Å². The normalized spacial score (nSPS) is 14.8. The smallest absolute Gasteiger partial charge is 0.128 e. The summed E-state index contributed by atoms with van der Waals surface area (Å²) in [5.41, 5.74) is 5.50. The molecule has 35 heavy (non-hydrogen) atoms. The molecule has 4 radical (unpaired) electrons. The van der Waals surface area contributed by atoms with Gasteiger partial charge < -0.3 is 15.4 Å². The number of halogens is 1. The van der Waals surface area contributed by atoms with Crippen LogP contribution in [0.25, 0.3) is 10.9 Å². The van der Waals surface area contributed by atoms with Crippen molar-refractivity contribution in [3.63, 3.8) is 0 Å². The molecule has 2 heterocycles. The Kier molecular flexibility index (Phi) is 8.89. The zero-order valence-corrected chi connectivity index (χ0v) is 23.4. The molecule has 1 fully saturated rings. The van der Waals surface area contributed by atoms with Gasteiger partial charge in [0.2, 0.25) is 0 Å². The van der Waals surface area contributed by atoms with Crippen molar-refractivity contribution >= 4 is 52.1 Å². The van der Waals surface area contributed by atoms with Gasteiger partial charge in [0.05, 0.1) is 30.6 Å². The van der Waals surface area contributed by atoms with E-state index >= 15 is 0 Å². The summed E-state index contributed by atoms with van der Waals surface area (Å²) in [6.07, 6.45) is 1.88. The SMILES string of the molecule is COc1cccc2ncc(NC(c3ccc(Cl)cc3)c3ccc(CN4CCNCC4)cc3)cc12.[Sn]. The van der Waals surface area contributed by atoms with E-state index in [9.17, 15) is 0 Å². The maximum Gasteiger partial charge on any atom is 0.128 e. The molecule has 1 saturated heterocycles. The van der Waals surface area contributed by atoms with E-state index in [2.05, 4.69) is 63.0 Å². The van der Waals surface area contributed by atoms with E-state index in [0.29, 0.717) is 0 Å². The van der Waals surface area contributed by atoms with Gasteiger partial charge in [-0.15, -0.1) is 0 Å². The van der Waals surface area contributed by atoms with Crippen LogP contribution in [0.1, 0.15) is 22.7 Å². The molecule has 4 aromatic rings. The van der Waals surface area contributed by atoms with Crippen molar-refractivity contribution in [2.24, 2.45) is 0 Å². The summed E-state index contributed by atoms with van der Waals surface area (Å²) in [5, 5.41) is 8.82. The number of benzene rings is 3. The Morgan fingerprint density at radius 1 is 1.00 bits per heavy atom. The fraction of sp³-hybridized carbons (Fsp3) is 0.250. The number of methoxy groups -OCH3 is 1. The molecule has 3 aromatic carbocycles. The van der Waals surface area contributed by atoms with Crippen molar-refractivity contribution in [3.05, 3.63) is 101 Å². The van der Waals surface area contributed by atoms with Gasteiger partial charge in [-0.3, -0.25) is 9.88 Å². The van der Waals surface area contributed by atoms with Gasteiger partial charge in [-0.1, -0.05) is 54.1 Å². The number of pyridine rings is 1. The first-order valence-electron chi connectivity index (χ1n) is 11.7. The van der Waals surface area contributed by atoms with Crippen molar-refractivity contribution in [3.8, 4) is 5.75 Å². The summed E-state index contributed by atoms with van der Waals surface area (Å²) in [7, 11) is 1.69. The molecule has 0 amide bonds. The summed E-state index contributed by atoms with van der Waals surface area (Å²) in [4.78, 5) is 7.14. The average molecular weight is 592 g/mol. The van der Waals surface area contributed by atoms with Gasteiger partial charge in [-0.2, -0.15) is 0 Å². The number of nitrogens with one attached hydrogen (secondary N) is 2. The average Bonchev–Trinajstić information content (AvgIpc) is 2.89. The van der Waals surface area contributed by atoms with Crippen LogP contribution in [-0.4, -0.2) is 67.1 Å². The van der Waals surface area contributed by atoms with E-state index in [1.807, 2.05) is 36.5 Å². The molecule has 5 nitrogen and oxygen atoms in total. The summed E-state index contributed by atoms with van der Waals surface area (Å²) in [6, 6.07) is 24.9. The van der Waals surface area contributed by atoms with Crippen LogP contribution < -0.4 is 15.4 Å². The second-order valence-corrected chi connectivity index (χ2v) is 9.08. The number of fused-ring (bicyclic) bond motifs is 1. The van der Waals surface area contributed by atoms with E-state index in [1.165, 1.54) is 11.1 Å². The van der Waals surface area contributed by atoms with Crippen LogP contribution in [-0.2, 0) is 6.54 Å². The first-order valence-corrected chi connectivity index (χ1v) is 12.0. The van der Waals surface area contributed by atoms with Crippen LogP contribution in [0.15, 0.2) is 79.0 Å². The quantitative estimate of drug-likeness (QED) is 0.292. The number of hydrogen-bond acceptors (Lipinski definition) is 5. The monoisotopic (exact) mass is 592 g/mol. The van der Waals surface area contributed by atoms with Crippen LogP contribution in [0, 0.1) is 0 Å².